The first-order chi connectivity index (χ1) is 12.8. The summed E-state index contributed by atoms with van der Waals surface area (Å²) in [5.41, 5.74) is -1.33. The van der Waals surface area contributed by atoms with Gasteiger partial charge >= 0.3 is 12.1 Å². The molecule has 0 fully saturated rings. The number of anilines is 1. The summed E-state index contributed by atoms with van der Waals surface area (Å²) in [6.07, 6.45) is -3.21. The standard InChI is InChI=1S/C19H20F3N3O3/c1-10-9-23-17(24-11(10)2)25-15(26)14-8-12(19(20,21)22)6-7-13(14)16(27)28-18(3,4)5/h6-9H,1-5H3,(H,23,24,25,26). The Labute approximate surface area is 160 Å². The molecule has 6 nitrogen and oxygen atoms in total. The summed E-state index contributed by atoms with van der Waals surface area (Å²) in [6.45, 7) is 8.30. The van der Waals surface area contributed by atoms with Crippen molar-refractivity contribution in [2.24, 2.45) is 0 Å². The van der Waals surface area contributed by atoms with E-state index in [9.17, 15) is 22.8 Å². The third kappa shape index (κ3) is 5.28. The first-order valence-corrected chi connectivity index (χ1v) is 8.34. The minimum atomic E-state index is -4.68. The maximum absolute atomic E-state index is 13.1. The van der Waals surface area contributed by atoms with Crippen molar-refractivity contribution in [3.8, 4) is 0 Å². The van der Waals surface area contributed by atoms with Gasteiger partial charge in [-0.25, -0.2) is 14.8 Å². The van der Waals surface area contributed by atoms with E-state index in [0.717, 1.165) is 17.7 Å². The SMILES string of the molecule is Cc1cnc(NC(=O)c2cc(C(F)(F)F)ccc2C(=O)OC(C)(C)C)nc1C. The molecular weight excluding hydrogens is 375 g/mol. The highest BCUT2D eigenvalue weighted by atomic mass is 19.4. The molecule has 0 saturated heterocycles. The topological polar surface area (TPSA) is 81.2 Å². The molecule has 0 unspecified atom stereocenters. The van der Waals surface area contributed by atoms with Crippen molar-refractivity contribution in [3.63, 3.8) is 0 Å². The van der Waals surface area contributed by atoms with Crippen LogP contribution in [0.25, 0.3) is 0 Å². The summed E-state index contributed by atoms with van der Waals surface area (Å²) in [4.78, 5) is 33.0. The fraction of sp³-hybridized carbons (Fsp3) is 0.368. The van der Waals surface area contributed by atoms with E-state index in [4.69, 9.17) is 4.74 Å². The van der Waals surface area contributed by atoms with Crippen molar-refractivity contribution in [1.82, 2.24) is 9.97 Å². The first kappa shape index (κ1) is 21.3. The molecule has 0 aliphatic carbocycles. The number of carbonyl (C=O) groups is 2. The van der Waals surface area contributed by atoms with Crippen molar-refractivity contribution >= 4 is 17.8 Å². The van der Waals surface area contributed by atoms with Crippen LogP contribution in [0.2, 0.25) is 0 Å². The smallest absolute Gasteiger partial charge is 0.416 e. The van der Waals surface area contributed by atoms with Gasteiger partial charge in [0.25, 0.3) is 5.91 Å². The first-order valence-electron chi connectivity index (χ1n) is 8.34. The molecule has 0 radical (unpaired) electrons. The average molecular weight is 395 g/mol. The molecule has 0 aliphatic heterocycles. The van der Waals surface area contributed by atoms with Crippen LogP contribution in [0.5, 0.6) is 0 Å². The second-order valence-corrected chi connectivity index (χ2v) is 7.18. The highest BCUT2D eigenvalue weighted by molar-refractivity contribution is 6.10. The van der Waals surface area contributed by atoms with Gasteiger partial charge in [0.1, 0.15) is 5.60 Å². The molecule has 1 aromatic heterocycles. The summed E-state index contributed by atoms with van der Waals surface area (Å²) in [5.74, 6) is -1.94. The van der Waals surface area contributed by atoms with Crippen molar-refractivity contribution < 1.29 is 27.5 Å². The molecule has 0 atom stereocenters. The Morgan fingerprint density at radius 3 is 2.25 bits per heavy atom. The third-order valence-corrected chi connectivity index (χ3v) is 3.66. The number of halogens is 3. The number of amides is 1. The van der Waals surface area contributed by atoms with E-state index in [0.29, 0.717) is 11.8 Å². The van der Waals surface area contributed by atoms with Gasteiger partial charge in [-0.05, 0) is 58.4 Å². The zero-order valence-corrected chi connectivity index (χ0v) is 16.1. The van der Waals surface area contributed by atoms with Crippen molar-refractivity contribution in [1.29, 1.82) is 0 Å². The number of rotatable bonds is 3. The Morgan fingerprint density at radius 2 is 1.71 bits per heavy atom. The molecule has 1 amide bonds. The lowest BCUT2D eigenvalue weighted by Gasteiger charge is -2.21. The number of nitrogens with zero attached hydrogens (tertiary/aromatic N) is 2. The molecule has 1 N–H and O–H groups in total. The minimum absolute atomic E-state index is 0.0827. The van der Waals surface area contributed by atoms with E-state index in [1.54, 1.807) is 34.6 Å². The van der Waals surface area contributed by atoms with Crippen LogP contribution in [-0.4, -0.2) is 27.4 Å². The van der Waals surface area contributed by atoms with Crippen LogP contribution in [0.4, 0.5) is 19.1 Å². The van der Waals surface area contributed by atoms with Gasteiger partial charge in [0.2, 0.25) is 5.95 Å². The Hall–Kier alpha value is -2.97. The number of ether oxygens (including phenoxy) is 1. The second kappa shape index (κ2) is 7.57. The fourth-order valence-corrected chi connectivity index (χ4v) is 2.18. The second-order valence-electron chi connectivity index (χ2n) is 7.18. The maximum atomic E-state index is 13.1. The Morgan fingerprint density at radius 1 is 1.07 bits per heavy atom. The predicted molar refractivity (Wildman–Crippen MR) is 96.1 cm³/mol. The zero-order chi connectivity index (χ0) is 21.3. The predicted octanol–water partition coefficient (Wildman–Crippen LogP) is 4.32. The number of aromatic nitrogens is 2. The van der Waals surface area contributed by atoms with Crippen LogP contribution in [0, 0.1) is 13.8 Å². The maximum Gasteiger partial charge on any atom is 0.416 e. The zero-order valence-electron chi connectivity index (χ0n) is 16.1. The molecule has 2 rings (SSSR count). The van der Waals surface area contributed by atoms with Crippen LogP contribution in [-0.2, 0) is 10.9 Å². The van der Waals surface area contributed by atoms with Gasteiger partial charge < -0.3 is 4.74 Å². The van der Waals surface area contributed by atoms with Crippen LogP contribution in [0.1, 0.15) is 58.3 Å². The monoisotopic (exact) mass is 395 g/mol. The largest absolute Gasteiger partial charge is 0.456 e. The molecular formula is C19H20F3N3O3. The lowest BCUT2D eigenvalue weighted by molar-refractivity contribution is -0.137. The number of nitrogens with one attached hydrogen (secondary N) is 1. The highest BCUT2D eigenvalue weighted by Crippen LogP contribution is 2.31. The van der Waals surface area contributed by atoms with Crippen LogP contribution >= 0.6 is 0 Å². The fourth-order valence-electron chi connectivity index (χ4n) is 2.18. The summed E-state index contributed by atoms with van der Waals surface area (Å²) in [5, 5.41) is 2.33. The third-order valence-electron chi connectivity index (χ3n) is 3.66. The van der Waals surface area contributed by atoms with Gasteiger partial charge in [-0.3, -0.25) is 10.1 Å². The number of hydrogen-bond acceptors (Lipinski definition) is 5. The molecule has 0 aliphatic rings. The van der Waals surface area contributed by atoms with Crippen molar-refractivity contribution in [3.05, 3.63) is 52.3 Å². The van der Waals surface area contributed by atoms with Gasteiger partial charge in [0.05, 0.1) is 16.7 Å². The number of carbonyl (C=O) groups excluding carboxylic acids is 2. The molecule has 2 aromatic rings. The van der Waals surface area contributed by atoms with E-state index < -0.39 is 34.8 Å². The Kier molecular flexibility index (Phi) is 5.77. The number of aryl methyl sites for hydroxylation is 2. The van der Waals surface area contributed by atoms with Crippen molar-refractivity contribution in [2.75, 3.05) is 5.32 Å². The number of alkyl halides is 3. The van der Waals surface area contributed by atoms with Crippen LogP contribution in [0.15, 0.2) is 24.4 Å². The van der Waals surface area contributed by atoms with Crippen LogP contribution in [0.3, 0.4) is 0 Å². The summed E-state index contributed by atoms with van der Waals surface area (Å²) in [7, 11) is 0. The van der Waals surface area contributed by atoms with Crippen molar-refractivity contribution in [2.45, 2.75) is 46.4 Å². The van der Waals surface area contributed by atoms with Gasteiger partial charge in [-0.15, -0.1) is 0 Å². The molecule has 0 bridgehead atoms. The normalized spacial score (nSPS) is 11.9. The number of esters is 1. The summed E-state index contributed by atoms with van der Waals surface area (Å²) in [6, 6.07) is 2.26. The average Bonchev–Trinajstić information content (AvgIpc) is 2.55. The molecule has 0 saturated carbocycles. The van der Waals surface area contributed by atoms with Gasteiger partial charge in [0.15, 0.2) is 0 Å². The van der Waals surface area contributed by atoms with Crippen LogP contribution < -0.4 is 5.32 Å². The molecule has 1 heterocycles. The van der Waals surface area contributed by atoms with E-state index in [2.05, 4.69) is 15.3 Å². The summed E-state index contributed by atoms with van der Waals surface area (Å²) >= 11 is 0. The van der Waals surface area contributed by atoms with E-state index in [-0.39, 0.29) is 11.5 Å². The highest BCUT2D eigenvalue weighted by Gasteiger charge is 2.33. The summed E-state index contributed by atoms with van der Waals surface area (Å²) < 4.78 is 44.5. The van der Waals surface area contributed by atoms with Gasteiger partial charge in [-0.2, -0.15) is 13.2 Å². The minimum Gasteiger partial charge on any atom is -0.456 e. The quantitative estimate of drug-likeness (QED) is 0.783. The lowest BCUT2D eigenvalue weighted by Crippen LogP contribution is -2.26. The van der Waals surface area contributed by atoms with Gasteiger partial charge in [-0.1, -0.05) is 0 Å². The molecule has 28 heavy (non-hydrogen) atoms. The van der Waals surface area contributed by atoms with Gasteiger partial charge in [0, 0.05) is 11.9 Å². The van der Waals surface area contributed by atoms with E-state index >= 15 is 0 Å². The lowest BCUT2D eigenvalue weighted by atomic mass is 10.0. The number of benzene rings is 1. The Bertz CT molecular complexity index is 919. The molecule has 0 spiro atoms. The molecule has 150 valence electrons. The molecule has 1 aromatic carbocycles. The molecule has 9 heteroatoms. The van der Waals surface area contributed by atoms with E-state index in [1.807, 2.05) is 0 Å². The Balaban J connectivity index is 2.46. The number of hydrogen-bond donors (Lipinski definition) is 1. The van der Waals surface area contributed by atoms with E-state index in [1.165, 1.54) is 6.20 Å².